The average molecular weight is 484 g/mol. The van der Waals surface area contributed by atoms with E-state index in [0.29, 0.717) is 6.54 Å². The Hall–Kier alpha value is -3.51. The van der Waals surface area contributed by atoms with Crippen LogP contribution >= 0.6 is 0 Å². The topological polar surface area (TPSA) is 70.2 Å². The van der Waals surface area contributed by atoms with Gasteiger partial charge in [0.25, 0.3) is 5.91 Å². The molecule has 6 nitrogen and oxygen atoms in total. The number of aryl methyl sites for hydroxylation is 4. The minimum Gasteiger partial charge on any atom is -0.371 e. The smallest absolute Gasteiger partial charge is 0.251 e. The highest BCUT2D eigenvalue weighted by Gasteiger charge is 2.12. The minimum absolute atomic E-state index is 0.00778. The van der Waals surface area contributed by atoms with E-state index in [2.05, 4.69) is 73.6 Å². The first-order valence-corrected chi connectivity index (χ1v) is 12.9. The molecule has 2 aromatic heterocycles. The van der Waals surface area contributed by atoms with Crippen LogP contribution in [0, 0.1) is 13.8 Å². The number of benzene rings is 2. The Labute approximate surface area is 214 Å². The molecule has 0 radical (unpaired) electrons. The van der Waals surface area contributed by atoms with E-state index >= 15 is 0 Å². The Morgan fingerprint density at radius 2 is 1.78 bits per heavy atom. The molecule has 36 heavy (non-hydrogen) atoms. The molecule has 0 atom stereocenters. The van der Waals surface area contributed by atoms with Crippen LogP contribution in [0.2, 0.25) is 0 Å². The third-order valence-electron chi connectivity index (χ3n) is 6.98. The van der Waals surface area contributed by atoms with Crippen molar-refractivity contribution in [2.45, 2.75) is 40.5 Å². The van der Waals surface area contributed by atoms with Crippen LogP contribution in [0.5, 0.6) is 0 Å². The van der Waals surface area contributed by atoms with E-state index < -0.39 is 0 Å². The summed E-state index contributed by atoms with van der Waals surface area (Å²) in [5, 5.41) is 8.49. The Morgan fingerprint density at radius 3 is 2.50 bits per heavy atom. The van der Waals surface area contributed by atoms with Crippen molar-refractivity contribution in [1.82, 2.24) is 20.2 Å². The number of aromatic nitrogens is 2. The third-order valence-corrected chi connectivity index (χ3v) is 6.98. The van der Waals surface area contributed by atoms with Crippen LogP contribution in [-0.2, 0) is 12.8 Å². The predicted octanol–water partition coefficient (Wildman–Crippen LogP) is 5.30. The van der Waals surface area contributed by atoms with Gasteiger partial charge in [0.05, 0.1) is 5.52 Å². The van der Waals surface area contributed by atoms with E-state index in [1.165, 1.54) is 16.7 Å². The summed E-state index contributed by atoms with van der Waals surface area (Å²) in [6.45, 7) is 12.0. The van der Waals surface area contributed by atoms with Crippen LogP contribution in [-0.4, -0.2) is 54.0 Å². The summed E-state index contributed by atoms with van der Waals surface area (Å²) in [6.07, 6.45) is 3.73. The monoisotopic (exact) mass is 483 g/mol. The van der Waals surface area contributed by atoms with Crippen LogP contribution in [0.1, 0.15) is 46.5 Å². The Balaban J connectivity index is 1.48. The van der Waals surface area contributed by atoms with Gasteiger partial charge in [-0.15, -0.1) is 0 Å². The molecular formula is C30H37N5O. The molecule has 2 heterocycles. The van der Waals surface area contributed by atoms with Crippen molar-refractivity contribution in [2.75, 3.05) is 38.5 Å². The first kappa shape index (κ1) is 25.6. The van der Waals surface area contributed by atoms with E-state index in [1.807, 2.05) is 25.4 Å². The fourth-order valence-electron chi connectivity index (χ4n) is 4.71. The van der Waals surface area contributed by atoms with Gasteiger partial charge in [0.15, 0.2) is 5.82 Å². The fraction of sp³-hybridized carbons (Fsp3) is 0.367. The summed E-state index contributed by atoms with van der Waals surface area (Å²) >= 11 is 0. The normalized spacial score (nSPS) is 11.4. The zero-order valence-corrected chi connectivity index (χ0v) is 22.1. The highest BCUT2D eigenvalue weighted by atomic mass is 16.1. The van der Waals surface area contributed by atoms with Crippen molar-refractivity contribution in [1.29, 1.82) is 0 Å². The van der Waals surface area contributed by atoms with Crippen molar-refractivity contribution in [3.8, 4) is 0 Å². The minimum atomic E-state index is -0.00778. The maximum absolute atomic E-state index is 12.6. The predicted molar refractivity (Wildman–Crippen MR) is 150 cm³/mol. The van der Waals surface area contributed by atoms with Gasteiger partial charge in [-0.2, -0.15) is 0 Å². The highest BCUT2D eigenvalue weighted by Crippen LogP contribution is 2.29. The van der Waals surface area contributed by atoms with Gasteiger partial charge in [-0.25, -0.2) is 4.98 Å². The van der Waals surface area contributed by atoms with Crippen LogP contribution < -0.4 is 10.6 Å². The Kier molecular flexibility index (Phi) is 8.16. The molecule has 0 fully saturated rings. The molecule has 0 aliphatic rings. The number of carbonyl (C=O) groups excluding carboxylic acids is 1. The molecular weight excluding hydrogens is 446 g/mol. The second-order valence-electron chi connectivity index (χ2n) is 9.39. The zero-order valence-electron chi connectivity index (χ0n) is 22.1. The van der Waals surface area contributed by atoms with Gasteiger partial charge in [0.2, 0.25) is 0 Å². The van der Waals surface area contributed by atoms with Gasteiger partial charge in [-0.3, -0.25) is 9.78 Å². The van der Waals surface area contributed by atoms with Crippen molar-refractivity contribution in [3.63, 3.8) is 0 Å². The van der Waals surface area contributed by atoms with Crippen LogP contribution in [0.15, 0.2) is 48.7 Å². The number of likely N-dealkylation sites (N-methyl/N-ethyl adjacent to an activating group) is 1. The summed E-state index contributed by atoms with van der Waals surface area (Å²) in [6, 6.07) is 14.7. The van der Waals surface area contributed by atoms with E-state index in [-0.39, 0.29) is 5.91 Å². The lowest BCUT2D eigenvalue weighted by Gasteiger charge is -2.18. The molecule has 1 amide bonds. The summed E-state index contributed by atoms with van der Waals surface area (Å²) in [5.41, 5.74) is 7.37. The summed E-state index contributed by atoms with van der Waals surface area (Å²) in [7, 11) is 1.89. The van der Waals surface area contributed by atoms with Crippen LogP contribution in [0.25, 0.3) is 21.8 Å². The van der Waals surface area contributed by atoms with Gasteiger partial charge in [-0.1, -0.05) is 32.0 Å². The van der Waals surface area contributed by atoms with E-state index in [1.54, 1.807) is 0 Å². The van der Waals surface area contributed by atoms with E-state index in [9.17, 15) is 4.79 Å². The van der Waals surface area contributed by atoms with E-state index in [0.717, 1.165) is 71.2 Å². The molecule has 6 heteroatoms. The zero-order chi connectivity index (χ0) is 25.7. The van der Waals surface area contributed by atoms with E-state index in [4.69, 9.17) is 9.97 Å². The fourth-order valence-corrected chi connectivity index (χ4v) is 4.71. The van der Waals surface area contributed by atoms with Crippen LogP contribution in [0.3, 0.4) is 0 Å². The molecule has 2 aromatic carbocycles. The first-order valence-electron chi connectivity index (χ1n) is 12.9. The third kappa shape index (κ3) is 5.65. The number of nitrogens with one attached hydrogen (secondary N) is 2. The van der Waals surface area contributed by atoms with Gasteiger partial charge < -0.3 is 15.5 Å². The number of carbonyl (C=O) groups is 1. The number of fused-ring (bicyclic) bond motifs is 3. The molecule has 0 bridgehead atoms. The number of hydrogen-bond acceptors (Lipinski definition) is 5. The maximum atomic E-state index is 12.6. The maximum Gasteiger partial charge on any atom is 0.251 e. The van der Waals surface area contributed by atoms with Crippen molar-refractivity contribution >= 4 is 33.5 Å². The molecule has 0 aliphatic heterocycles. The molecule has 4 aromatic rings. The van der Waals surface area contributed by atoms with Gasteiger partial charge in [0.1, 0.15) is 5.52 Å². The summed E-state index contributed by atoms with van der Waals surface area (Å²) in [4.78, 5) is 24.4. The standard InChI is InChI=1S/C30H37N5O/c1-6-35(7-2)15-14-32-30(36)24-12-11-23(21(4)17-24)10-9-22-18-26-25-13-8-20(3)16-27(25)34-29(31-5)28(26)33-19-22/h8,11-13,16-19H,6-7,9-10,14-15H2,1-5H3,(H,31,34)(H,32,36). The van der Waals surface area contributed by atoms with Crippen molar-refractivity contribution < 1.29 is 4.79 Å². The van der Waals surface area contributed by atoms with Crippen molar-refractivity contribution in [3.05, 3.63) is 76.5 Å². The number of anilines is 1. The second-order valence-corrected chi connectivity index (χ2v) is 9.39. The molecule has 4 rings (SSSR count). The number of amides is 1. The summed E-state index contributed by atoms with van der Waals surface area (Å²) < 4.78 is 0. The van der Waals surface area contributed by atoms with Crippen LogP contribution in [0.4, 0.5) is 5.82 Å². The lowest BCUT2D eigenvalue weighted by Crippen LogP contribution is -2.34. The average Bonchev–Trinajstić information content (AvgIpc) is 2.89. The largest absolute Gasteiger partial charge is 0.371 e. The molecule has 2 N–H and O–H groups in total. The number of rotatable bonds is 10. The molecule has 0 aliphatic carbocycles. The lowest BCUT2D eigenvalue weighted by atomic mass is 9.98. The number of pyridine rings is 2. The summed E-state index contributed by atoms with van der Waals surface area (Å²) in [5.74, 6) is 0.794. The first-order chi connectivity index (χ1) is 17.4. The van der Waals surface area contributed by atoms with Gasteiger partial charge in [-0.05, 0) is 86.3 Å². The molecule has 188 valence electrons. The lowest BCUT2D eigenvalue weighted by molar-refractivity contribution is 0.0949. The second kappa shape index (κ2) is 11.5. The quantitative estimate of drug-likeness (QED) is 0.300. The molecule has 0 spiro atoms. The molecule has 0 saturated heterocycles. The molecule has 0 unspecified atom stereocenters. The van der Waals surface area contributed by atoms with Gasteiger partial charge >= 0.3 is 0 Å². The molecule has 0 saturated carbocycles. The SMILES string of the molecule is CCN(CC)CCNC(=O)c1ccc(CCc2cnc3c(NC)nc4cc(C)ccc4c3c2)c(C)c1. The Bertz CT molecular complexity index is 1380. The number of hydrogen-bond donors (Lipinski definition) is 2. The highest BCUT2D eigenvalue weighted by molar-refractivity contribution is 6.08. The van der Waals surface area contributed by atoms with Gasteiger partial charge in [0, 0.05) is 42.7 Å². The Morgan fingerprint density at radius 1 is 0.972 bits per heavy atom. The van der Waals surface area contributed by atoms with Crippen molar-refractivity contribution in [2.24, 2.45) is 0 Å². The number of nitrogens with zero attached hydrogens (tertiary/aromatic N) is 3.